The molecule has 3 aromatic rings. The number of anilines is 2. The summed E-state index contributed by atoms with van der Waals surface area (Å²) in [7, 11) is 0. The van der Waals surface area contributed by atoms with Crippen molar-refractivity contribution < 1.29 is 8.76 Å². The molecule has 1 heterocycles. The van der Waals surface area contributed by atoms with Gasteiger partial charge < -0.3 is 9.87 Å². The third-order valence-corrected chi connectivity index (χ3v) is 4.70. The Morgan fingerprint density at radius 1 is 1.04 bits per heavy atom. The zero-order valence-corrected chi connectivity index (χ0v) is 15.3. The minimum Gasteiger partial charge on any atom is -0.768 e. The Labute approximate surface area is 159 Å². The molecule has 0 aliphatic heterocycles. The van der Waals surface area contributed by atoms with Crippen LogP contribution in [0.1, 0.15) is 0 Å². The van der Waals surface area contributed by atoms with Gasteiger partial charge in [0, 0.05) is 21.7 Å². The van der Waals surface area contributed by atoms with Gasteiger partial charge in [-0.1, -0.05) is 34.8 Å². The number of aromatic nitrogens is 2. The Kier molecular flexibility index (Phi) is 5.21. The van der Waals surface area contributed by atoms with Crippen molar-refractivity contribution in [3.8, 4) is 5.69 Å². The van der Waals surface area contributed by atoms with Crippen molar-refractivity contribution in [2.24, 2.45) is 0 Å². The summed E-state index contributed by atoms with van der Waals surface area (Å²) in [5.41, 5.74) is 0.490. The summed E-state index contributed by atoms with van der Waals surface area (Å²) in [6.45, 7) is 0. The van der Waals surface area contributed by atoms with Gasteiger partial charge in [0.05, 0.1) is 10.0 Å². The van der Waals surface area contributed by atoms with E-state index in [0.29, 0.717) is 16.5 Å². The number of hydrogen-bond acceptors (Lipinski definition) is 4. The SMILES string of the molecule is O=c1cc(Nc2ccc(S(=O)[O-])cc2)[nH]n1-c1c(Cl)cc(Cl)cc1Cl. The van der Waals surface area contributed by atoms with Gasteiger partial charge in [-0.15, -0.1) is 0 Å². The van der Waals surface area contributed by atoms with Gasteiger partial charge in [-0.05, 0) is 47.5 Å². The number of rotatable bonds is 4. The van der Waals surface area contributed by atoms with Crippen LogP contribution >= 0.6 is 34.8 Å². The third kappa shape index (κ3) is 3.91. The summed E-state index contributed by atoms with van der Waals surface area (Å²) in [6.07, 6.45) is 0. The maximum Gasteiger partial charge on any atom is 0.273 e. The molecule has 0 saturated carbocycles. The van der Waals surface area contributed by atoms with Gasteiger partial charge >= 0.3 is 0 Å². The van der Waals surface area contributed by atoms with Gasteiger partial charge in [0.15, 0.2) is 0 Å². The topological polar surface area (TPSA) is 90.0 Å². The molecule has 3 rings (SSSR count). The molecule has 0 bridgehead atoms. The first-order valence-electron chi connectivity index (χ1n) is 6.78. The van der Waals surface area contributed by atoms with E-state index in [1.54, 1.807) is 12.1 Å². The second-order valence-corrected chi connectivity index (χ2v) is 7.14. The largest absolute Gasteiger partial charge is 0.768 e. The maximum absolute atomic E-state index is 12.2. The molecule has 130 valence electrons. The van der Waals surface area contributed by atoms with Gasteiger partial charge in [0.1, 0.15) is 11.5 Å². The number of nitrogens with zero attached hydrogens (tertiary/aromatic N) is 1. The molecule has 25 heavy (non-hydrogen) atoms. The summed E-state index contributed by atoms with van der Waals surface area (Å²) >= 11 is 15.8. The standard InChI is InChI=1S/C15H10Cl3N3O3S/c16-8-5-11(17)15(12(18)6-8)21-14(22)7-13(20-21)19-9-1-3-10(4-2-9)25(23)24/h1-7,19-20H,(H,23,24)/p-1. The van der Waals surface area contributed by atoms with Crippen LogP contribution < -0.4 is 10.9 Å². The van der Waals surface area contributed by atoms with Crippen LogP contribution in [0.3, 0.4) is 0 Å². The molecule has 2 N–H and O–H groups in total. The molecule has 1 aromatic heterocycles. The summed E-state index contributed by atoms with van der Waals surface area (Å²) < 4.78 is 22.9. The highest BCUT2D eigenvalue weighted by Gasteiger charge is 2.14. The van der Waals surface area contributed by atoms with E-state index in [1.165, 1.54) is 35.0 Å². The van der Waals surface area contributed by atoms with Crippen molar-refractivity contribution in [1.29, 1.82) is 0 Å². The molecule has 0 saturated heterocycles. The van der Waals surface area contributed by atoms with Crippen molar-refractivity contribution >= 4 is 57.4 Å². The fourth-order valence-electron chi connectivity index (χ4n) is 2.18. The van der Waals surface area contributed by atoms with Gasteiger partial charge in [0.25, 0.3) is 5.56 Å². The lowest BCUT2D eigenvalue weighted by Gasteiger charge is -2.09. The molecule has 1 unspecified atom stereocenters. The molecule has 10 heteroatoms. The lowest BCUT2D eigenvalue weighted by atomic mass is 10.3. The molecule has 0 spiro atoms. The van der Waals surface area contributed by atoms with Crippen LogP contribution in [0.5, 0.6) is 0 Å². The monoisotopic (exact) mass is 416 g/mol. The summed E-state index contributed by atoms with van der Waals surface area (Å²) in [5, 5.41) is 6.60. The lowest BCUT2D eigenvalue weighted by Crippen LogP contribution is -2.14. The average Bonchev–Trinajstić information content (AvgIpc) is 2.87. The number of aromatic amines is 1. The second kappa shape index (κ2) is 7.23. The fraction of sp³-hybridized carbons (Fsp3) is 0. The summed E-state index contributed by atoms with van der Waals surface area (Å²) in [6, 6.07) is 10.3. The Bertz CT molecular complexity index is 992. The highest BCUT2D eigenvalue weighted by molar-refractivity contribution is 7.79. The predicted molar refractivity (Wildman–Crippen MR) is 98.3 cm³/mol. The minimum absolute atomic E-state index is 0.163. The summed E-state index contributed by atoms with van der Waals surface area (Å²) in [5.74, 6) is 0.378. The maximum atomic E-state index is 12.2. The van der Waals surface area contributed by atoms with Gasteiger partial charge in [0.2, 0.25) is 0 Å². The quantitative estimate of drug-likeness (QED) is 0.625. The first-order valence-corrected chi connectivity index (χ1v) is 8.99. The molecular formula is C15H9Cl3N3O3S-. The normalized spacial score (nSPS) is 12.2. The Balaban J connectivity index is 1.93. The van der Waals surface area contributed by atoms with Crippen molar-refractivity contribution in [3.63, 3.8) is 0 Å². The average molecular weight is 418 g/mol. The molecular weight excluding hydrogens is 409 g/mol. The molecule has 0 fully saturated rings. The zero-order chi connectivity index (χ0) is 18.1. The number of nitrogens with one attached hydrogen (secondary N) is 2. The predicted octanol–water partition coefficient (Wildman–Crippen LogP) is 4.11. The molecule has 6 nitrogen and oxygen atoms in total. The fourth-order valence-corrected chi connectivity index (χ4v) is 3.52. The lowest BCUT2D eigenvalue weighted by molar-refractivity contribution is 0.537. The van der Waals surface area contributed by atoms with Crippen LogP contribution in [0.4, 0.5) is 11.5 Å². The number of hydrogen-bond donors (Lipinski definition) is 2. The van der Waals surface area contributed by atoms with E-state index in [-0.39, 0.29) is 26.2 Å². The Morgan fingerprint density at radius 2 is 1.64 bits per heavy atom. The van der Waals surface area contributed by atoms with Gasteiger partial charge in [-0.25, -0.2) is 4.68 Å². The highest BCUT2D eigenvalue weighted by atomic mass is 35.5. The van der Waals surface area contributed by atoms with E-state index >= 15 is 0 Å². The molecule has 0 amide bonds. The van der Waals surface area contributed by atoms with Crippen LogP contribution in [-0.4, -0.2) is 18.5 Å². The smallest absolute Gasteiger partial charge is 0.273 e. The minimum atomic E-state index is -2.30. The van der Waals surface area contributed by atoms with Crippen LogP contribution in [0.15, 0.2) is 52.2 Å². The molecule has 0 radical (unpaired) electrons. The summed E-state index contributed by atoms with van der Waals surface area (Å²) in [4.78, 5) is 12.4. The van der Waals surface area contributed by atoms with E-state index in [4.69, 9.17) is 34.8 Å². The van der Waals surface area contributed by atoms with Gasteiger partial charge in [-0.2, -0.15) is 0 Å². The number of benzene rings is 2. The van der Waals surface area contributed by atoms with E-state index in [1.807, 2.05) is 0 Å². The Morgan fingerprint density at radius 3 is 2.20 bits per heavy atom. The van der Waals surface area contributed by atoms with E-state index in [2.05, 4.69) is 10.4 Å². The Hall–Kier alpha value is -1.77. The van der Waals surface area contributed by atoms with Crippen molar-refractivity contribution in [2.75, 3.05) is 5.32 Å². The van der Waals surface area contributed by atoms with Gasteiger partial charge in [-0.3, -0.25) is 14.1 Å². The van der Waals surface area contributed by atoms with Crippen molar-refractivity contribution in [1.82, 2.24) is 9.78 Å². The molecule has 1 atom stereocenters. The third-order valence-electron chi connectivity index (χ3n) is 3.25. The number of H-pyrrole nitrogens is 1. The highest BCUT2D eigenvalue weighted by Crippen LogP contribution is 2.31. The first-order chi connectivity index (χ1) is 11.8. The number of halogens is 3. The van der Waals surface area contributed by atoms with E-state index < -0.39 is 11.1 Å². The van der Waals surface area contributed by atoms with E-state index in [9.17, 15) is 13.6 Å². The van der Waals surface area contributed by atoms with Crippen LogP contribution in [-0.2, 0) is 11.1 Å². The van der Waals surface area contributed by atoms with Crippen LogP contribution in [0, 0.1) is 0 Å². The zero-order valence-electron chi connectivity index (χ0n) is 12.3. The first kappa shape index (κ1) is 18.0. The second-order valence-electron chi connectivity index (χ2n) is 4.95. The van der Waals surface area contributed by atoms with Crippen LogP contribution in [0.25, 0.3) is 5.69 Å². The molecule has 0 aliphatic rings. The van der Waals surface area contributed by atoms with Crippen LogP contribution in [0.2, 0.25) is 15.1 Å². The van der Waals surface area contributed by atoms with Crippen molar-refractivity contribution in [3.05, 3.63) is 67.9 Å². The van der Waals surface area contributed by atoms with Crippen molar-refractivity contribution in [2.45, 2.75) is 4.90 Å². The molecule has 0 aliphatic carbocycles. The molecule has 2 aromatic carbocycles. The van der Waals surface area contributed by atoms with E-state index in [0.717, 1.165) is 0 Å².